The zero-order valence-electron chi connectivity index (χ0n) is 15.6. The van der Waals surface area contributed by atoms with Crippen LogP contribution < -0.4 is 5.32 Å². The number of sulfonamides is 1. The SMILES string of the molecule is CCc1nc(-c2cccc(C(=O)NCCS(=O)(=O)N(C)C)c2)ccc1C. The zero-order chi connectivity index (χ0) is 19.3. The fourth-order valence-corrected chi connectivity index (χ4v) is 3.21. The van der Waals surface area contributed by atoms with Gasteiger partial charge in [-0.15, -0.1) is 0 Å². The standard InChI is InChI=1S/C19H25N3O3S/c1-5-17-14(2)9-10-18(21-17)15-7-6-8-16(13-15)19(23)20-11-12-26(24,25)22(3)4/h6-10,13H,5,11-12H2,1-4H3,(H,20,23). The van der Waals surface area contributed by atoms with E-state index in [9.17, 15) is 13.2 Å². The van der Waals surface area contributed by atoms with Crippen LogP contribution in [0.2, 0.25) is 0 Å². The van der Waals surface area contributed by atoms with Crippen molar-refractivity contribution in [3.8, 4) is 11.3 Å². The molecule has 0 saturated carbocycles. The maximum atomic E-state index is 12.3. The number of hydrogen-bond donors (Lipinski definition) is 1. The van der Waals surface area contributed by atoms with Crippen molar-refractivity contribution in [2.45, 2.75) is 20.3 Å². The Kier molecular flexibility index (Phi) is 6.50. The number of benzene rings is 1. The van der Waals surface area contributed by atoms with Crippen molar-refractivity contribution >= 4 is 15.9 Å². The molecule has 0 unspecified atom stereocenters. The molecule has 1 aromatic carbocycles. The first kappa shape index (κ1) is 20.1. The Hall–Kier alpha value is -2.25. The summed E-state index contributed by atoms with van der Waals surface area (Å²) in [7, 11) is -0.386. The lowest BCUT2D eigenvalue weighted by atomic mass is 10.0. The Morgan fingerprint density at radius 1 is 1.19 bits per heavy atom. The second-order valence-electron chi connectivity index (χ2n) is 6.25. The van der Waals surface area contributed by atoms with Gasteiger partial charge >= 0.3 is 0 Å². The average molecular weight is 375 g/mol. The number of aryl methyl sites for hydroxylation is 2. The largest absolute Gasteiger partial charge is 0.351 e. The lowest BCUT2D eigenvalue weighted by Crippen LogP contribution is -2.33. The van der Waals surface area contributed by atoms with Gasteiger partial charge < -0.3 is 5.32 Å². The van der Waals surface area contributed by atoms with Gasteiger partial charge in [0, 0.05) is 37.5 Å². The third-order valence-corrected chi connectivity index (χ3v) is 5.99. The number of carbonyl (C=O) groups excluding carboxylic acids is 1. The molecule has 0 saturated heterocycles. The fourth-order valence-electron chi connectivity index (χ4n) is 2.49. The van der Waals surface area contributed by atoms with Crippen molar-refractivity contribution in [1.82, 2.24) is 14.6 Å². The molecule has 140 valence electrons. The summed E-state index contributed by atoms with van der Waals surface area (Å²) in [5.74, 6) is -0.436. The van der Waals surface area contributed by atoms with E-state index in [-0.39, 0.29) is 18.2 Å². The molecule has 1 N–H and O–H groups in total. The van der Waals surface area contributed by atoms with Gasteiger partial charge in [0.2, 0.25) is 10.0 Å². The van der Waals surface area contributed by atoms with Crippen LogP contribution in [0.3, 0.4) is 0 Å². The predicted octanol–water partition coefficient (Wildman–Crippen LogP) is 2.24. The molecule has 0 fully saturated rings. The van der Waals surface area contributed by atoms with Crippen LogP contribution in [0.25, 0.3) is 11.3 Å². The molecule has 0 bridgehead atoms. The van der Waals surface area contributed by atoms with Gasteiger partial charge in [-0.3, -0.25) is 9.78 Å². The molecule has 0 spiro atoms. The van der Waals surface area contributed by atoms with Gasteiger partial charge in [0.1, 0.15) is 0 Å². The smallest absolute Gasteiger partial charge is 0.251 e. The highest BCUT2D eigenvalue weighted by Crippen LogP contribution is 2.20. The van der Waals surface area contributed by atoms with E-state index >= 15 is 0 Å². The number of nitrogens with zero attached hydrogens (tertiary/aromatic N) is 2. The highest BCUT2D eigenvalue weighted by atomic mass is 32.2. The molecule has 0 radical (unpaired) electrons. The van der Waals surface area contributed by atoms with Crippen LogP contribution in [-0.2, 0) is 16.4 Å². The van der Waals surface area contributed by atoms with Gasteiger partial charge in [-0.2, -0.15) is 0 Å². The number of amides is 1. The minimum absolute atomic E-state index is 0.0618. The molecule has 0 aliphatic carbocycles. The minimum atomic E-state index is -3.33. The predicted molar refractivity (Wildman–Crippen MR) is 104 cm³/mol. The lowest BCUT2D eigenvalue weighted by molar-refractivity contribution is 0.0956. The molecule has 1 heterocycles. The van der Waals surface area contributed by atoms with Gasteiger partial charge in [0.25, 0.3) is 5.91 Å². The molecule has 0 aliphatic rings. The summed E-state index contributed by atoms with van der Waals surface area (Å²) < 4.78 is 24.6. The van der Waals surface area contributed by atoms with Crippen LogP contribution in [0, 0.1) is 6.92 Å². The van der Waals surface area contributed by atoms with E-state index in [1.165, 1.54) is 14.1 Å². The number of aromatic nitrogens is 1. The summed E-state index contributed by atoms with van der Waals surface area (Å²) in [4.78, 5) is 17.0. The van der Waals surface area contributed by atoms with Crippen LogP contribution in [0.5, 0.6) is 0 Å². The molecule has 1 amide bonds. The average Bonchev–Trinajstić information content (AvgIpc) is 2.61. The fraction of sp³-hybridized carbons (Fsp3) is 0.368. The van der Waals surface area contributed by atoms with Crippen molar-refractivity contribution in [2.75, 3.05) is 26.4 Å². The Morgan fingerprint density at radius 2 is 1.92 bits per heavy atom. The molecule has 6 nitrogen and oxygen atoms in total. The van der Waals surface area contributed by atoms with E-state index in [4.69, 9.17) is 0 Å². The number of carbonyl (C=O) groups is 1. The highest BCUT2D eigenvalue weighted by molar-refractivity contribution is 7.89. The van der Waals surface area contributed by atoms with Crippen LogP contribution >= 0.6 is 0 Å². The lowest BCUT2D eigenvalue weighted by Gasteiger charge is -2.12. The maximum Gasteiger partial charge on any atom is 0.251 e. The minimum Gasteiger partial charge on any atom is -0.351 e. The molecule has 0 aliphatic heterocycles. The quantitative estimate of drug-likeness (QED) is 0.805. The third-order valence-electron chi connectivity index (χ3n) is 4.16. The maximum absolute atomic E-state index is 12.3. The van der Waals surface area contributed by atoms with Crippen molar-refractivity contribution in [1.29, 1.82) is 0 Å². The number of rotatable bonds is 7. The van der Waals surface area contributed by atoms with Crippen LogP contribution in [0.15, 0.2) is 36.4 Å². The number of pyridine rings is 1. The van der Waals surface area contributed by atoms with Crippen LogP contribution in [-0.4, -0.2) is 50.0 Å². The summed E-state index contributed by atoms with van der Waals surface area (Å²) in [6.07, 6.45) is 0.847. The third kappa shape index (κ3) is 4.89. The summed E-state index contributed by atoms with van der Waals surface area (Å²) in [6, 6.07) is 11.1. The van der Waals surface area contributed by atoms with Gasteiger partial charge in [-0.1, -0.05) is 25.1 Å². The monoisotopic (exact) mass is 375 g/mol. The van der Waals surface area contributed by atoms with E-state index in [2.05, 4.69) is 17.2 Å². The van der Waals surface area contributed by atoms with Crippen molar-refractivity contribution < 1.29 is 13.2 Å². The molecular formula is C19H25N3O3S. The van der Waals surface area contributed by atoms with Gasteiger partial charge in [-0.25, -0.2) is 12.7 Å². The topological polar surface area (TPSA) is 79.4 Å². The van der Waals surface area contributed by atoms with E-state index in [1.54, 1.807) is 18.2 Å². The molecule has 26 heavy (non-hydrogen) atoms. The Morgan fingerprint density at radius 3 is 2.58 bits per heavy atom. The Bertz CT molecular complexity index is 893. The molecule has 7 heteroatoms. The molecule has 2 rings (SSSR count). The summed E-state index contributed by atoms with van der Waals surface area (Å²) >= 11 is 0. The highest BCUT2D eigenvalue weighted by Gasteiger charge is 2.14. The van der Waals surface area contributed by atoms with E-state index in [0.717, 1.165) is 33.2 Å². The molecular weight excluding hydrogens is 350 g/mol. The number of hydrogen-bond acceptors (Lipinski definition) is 4. The van der Waals surface area contributed by atoms with Gasteiger partial charge in [0.15, 0.2) is 0 Å². The molecule has 1 aromatic heterocycles. The number of nitrogens with one attached hydrogen (secondary N) is 1. The normalized spacial score (nSPS) is 11.6. The van der Waals surface area contributed by atoms with E-state index in [0.29, 0.717) is 5.56 Å². The van der Waals surface area contributed by atoms with Crippen LogP contribution in [0.4, 0.5) is 0 Å². The zero-order valence-corrected chi connectivity index (χ0v) is 16.4. The van der Waals surface area contributed by atoms with Crippen LogP contribution in [0.1, 0.15) is 28.5 Å². The van der Waals surface area contributed by atoms with E-state index in [1.807, 2.05) is 25.1 Å². The van der Waals surface area contributed by atoms with Crippen molar-refractivity contribution in [3.63, 3.8) is 0 Å². The first-order chi connectivity index (χ1) is 12.2. The molecule has 2 aromatic rings. The first-order valence-electron chi connectivity index (χ1n) is 8.50. The Labute approximate surface area is 155 Å². The summed E-state index contributed by atoms with van der Waals surface area (Å²) in [6.45, 7) is 4.15. The summed E-state index contributed by atoms with van der Waals surface area (Å²) in [5, 5.41) is 2.66. The van der Waals surface area contributed by atoms with E-state index < -0.39 is 10.0 Å². The van der Waals surface area contributed by atoms with Crippen molar-refractivity contribution in [3.05, 3.63) is 53.2 Å². The van der Waals surface area contributed by atoms with Crippen molar-refractivity contribution in [2.24, 2.45) is 0 Å². The van der Waals surface area contributed by atoms with Gasteiger partial charge in [0.05, 0.1) is 11.4 Å². The Balaban J connectivity index is 2.12. The first-order valence-corrected chi connectivity index (χ1v) is 10.1. The second kappa shape index (κ2) is 8.42. The summed E-state index contributed by atoms with van der Waals surface area (Å²) in [5.41, 5.74) is 4.33. The molecule has 0 atom stereocenters. The second-order valence-corrected chi connectivity index (χ2v) is 8.55. The van der Waals surface area contributed by atoms with Gasteiger partial charge in [-0.05, 0) is 37.1 Å².